The Kier molecular flexibility index (Phi) is 2.52. The zero-order valence-electron chi connectivity index (χ0n) is 8.49. The Morgan fingerprint density at radius 1 is 1.60 bits per heavy atom. The van der Waals surface area contributed by atoms with E-state index in [1.165, 1.54) is 11.5 Å². The molecule has 1 aliphatic rings. The monoisotopic (exact) mass is 226 g/mol. The van der Waals surface area contributed by atoms with E-state index in [-0.39, 0.29) is 5.82 Å². The van der Waals surface area contributed by atoms with Crippen LogP contribution in [0.2, 0.25) is 0 Å². The molecule has 0 unspecified atom stereocenters. The number of nitrogens with one attached hydrogen (secondary N) is 1. The van der Waals surface area contributed by atoms with E-state index in [1.54, 1.807) is 0 Å². The molecule has 0 aliphatic heterocycles. The van der Waals surface area contributed by atoms with Gasteiger partial charge in [0, 0.05) is 6.04 Å². The molecular formula is C9H14N4OS. The zero-order chi connectivity index (χ0) is 11.0. The molecule has 1 aromatic rings. The first-order chi connectivity index (χ1) is 7.08. The fourth-order valence-electron chi connectivity index (χ4n) is 1.84. The second kappa shape index (κ2) is 3.69. The average molecular weight is 226 g/mol. The Hall–Kier alpha value is -1.30. The van der Waals surface area contributed by atoms with Crippen molar-refractivity contribution >= 4 is 28.3 Å². The van der Waals surface area contributed by atoms with Crippen molar-refractivity contribution in [1.29, 1.82) is 0 Å². The molecule has 0 bridgehead atoms. The topological polar surface area (TPSA) is 94.0 Å². The van der Waals surface area contributed by atoms with Gasteiger partial charge in [-0.25, -0.2) is 0 Å². The van der Waals surface area contributed by atoms with Crippen LogP contribution in [0.4, 0.5) is 10.8 Å². The van der Waals surface area contributed by atoms with E-state index in [1.807, 2.05) is 0 Å². The number of hydrogen-bond acceptors (Lipinski definition) is 5. The van der Waals surface area contributed by atoms with E-state index in [2.05, 4.69) is 16.6 Å². The minimum absolute atomic E-state index is 0.224. The molecule has 15 heavy (non-hydrogen) atoms. The van der Waals surface area contributed by atoms with Gasteiger partial charge in [0.2, 0.25) is 0 Å². The molecule has 0 aromatic carbocycles. The number of hydrogen-bond donors (Lipinski definition) is 3. The molecule has 82 valence electrons. The van der Waals surface area contributed by atoms with Gasteiger partial charge in [0.25, 0.3) is 5.91 Å². The number of amides is 1. The summed E-state index contributed by atoms with van der Waals surface area (Å²) in [6.45, 7) is 2.20. The number of anilines is 2. The van der Waals surface area contributed by atoms with E-state index in [9.17, 15) is 4.79 Å². The van der Waals surface area contributed by atoms with E-state index >= 15 is 0 Å². The molecule has 2 rings (SSSR count). The Bertz CT molecular complexity index is 383. The van der Waals surface area contributed by atoms with E-state index in [0.717, 1.165) is 18.8 Å². The quantitative estimate of drug-likeness (QED) is 0.717. The van der Waals surface area contributed by atoms with Crippen molar-refractivity contribution in [2.45, 2.75) is 25.8 Å². The van der Waals surface area contributed by atoms with Gasteiger partial charge >= 0.3 is 0 Å². The first-order valence-electron chi connectivity index (χ1n) is 4.89. The second-order valence-corrected chi connectivity index (χ2v) is 4.83. The van der Waals surface area contributed by atoms with Crippen molar-refractivity contribution in [2.24, 2.45) is 11.7 Å². The van der Waals surface area contributed by atoms with Crippen molar-refractivity contribution in [3.63, 3.8) is 0 Å². The number of nitrogens with two attached hydrogens (primary N) is 2. The fourth-order valence-corrected chi connectivity index (χ4v) is 2.64. The summed E-state index contributed by atoms with van der Waals surface area (Å²) in [5.74, 6) is 0.461. The summed E-state index contributed by atoms with van der Waals surface area (Å²) < 4.78 is 3.92. The van der Waals surface area contributed by atoms with Crippen LogP contribution < -0.4 is 16.8 Å². The molecule has 1 saturated carbocycles. The highest BCUT2D eigenvalue weighted by Gasteiger charge is 2.27. The first-order valence-corrected chi connectivity index (χ1v) is 5.66. The molecule has 1 aliphatic carbocycles. The van der Waals surface area contributed by atoms with E-state index in [4.69, 9.17) is 11.5 Å². The smallest absolute Gasteiger partial charge is 0.255 e. The zero-order valence-corrected chi connectivity index (χ0v) is 9.30. The van der Waals surface area contributed by atoms with Gasteiger partial charge in [-0.2, -0.15) is 4.37 Å². The number of primary amides is 1. The SMILES string of the molecule is CC1CC(Nc2snc(N)c2C(N)=O)C1. The molecule has 1 amide bonds. The number of rotatable bonds is 3. The van der Waals surface area contributed by atoms with Crippen LogP contribution in [-0.4, -0.2) is 16.3 Å². The third-order valence-corrected chi connectivity index (χ3v) is 3.47. The maximum Gasteiger partial charge on any atom is 0.255 e. The summed E-state index contributed by atoms with van der Waals surface area (Å²) >= 11 is 1.20. The number of carbonyl (C=O) groups excluding carboxylic acids is 1. The summed E-state index contributed by atoms with van der Waals surface area (Å²) in [6, 6.07) is 0.429. The van der Waals surface area contributed by atoms with Crippen LogP contribution in [0.15, 0.2) is 0 Å². The van der Waals surface area contributed by atoms with Gasteiger partial charge < -0.3 is 16.8 Å². The first kappa shape index (κ1) is 10.2. The van der Waals surface area contributed by atoms with Crippen LogP contribution in [0.25, 0.3) is 0 Å². The van der Waals surface area contributed by atoms with Crippen LogP contribution in [-0.2, 0) is 0 Å². The second-order valence-electron chi connectivity index (χ2n) is 4.05. The Morgan fingerprint density at radius 2 is 2.27 bits per heavy atom. The molecule has 6 heteroatoms. The van der Waals surface area contributed by atoms with Gasteiger partial charge in [-0.3, -0.25) is 4.79 Å². The van der Waals surface area contributed by atoms with Crippen molar-refractivity contribution < 1.29 is 4.79 Å². The van der Waals surface area contributed by atoms with Crippen molar-refractivity contribution in [3.8, 4) is 0 Å². The van der Waals surface area contributed by atoms with Crippen LogP contribution in [0, 0.1) is 5.92 Å². The standard InChI is InChI=1S/C9H14N4OS/c1-4-2-5(3-4)12-9-6(8(11)14)7(10)13-15-9/h4-5,12H,2-3H2,1H3,(H2,10,13)(H2,11,14). The van der Waals surface area contributed by atoms with E-state index < -0.39 is 5.91 Å². The minimum atomic E-state index is -0.517. The lowest BCUT2D eigenvalue weighted by atomic mass is 9.82. The summed E-state index contributed by atoms with van der Waals surface area (Å²) in [7, 11) is 0. The van der Waals surface area contributed by atoms with Gasteiger partial charge in [0.15, 0.2) is 5.82 Å². The highest BCUT2D eigenvalue weighted by atomic mass is 32.1. The van der Waals surface area contributed by atoms with Crippen LogP contribution in [0.5, 0.6) is 0 Å². The van der Waals surface area contributed by atoms with Gasteiger partial charge in [-0.15, -0.1) is 0 Å². The summed E-state index contributed by atoms with van der Waals surface area (Å²) in [5, 5.41) is 3.96. The summed E-state index contributed by atoms with van der Waals surface area (Å²) in [6.07, 6.45) is 2.24. The van der Waals surface area contributed by atoms with Gasteiger partial charge in [0.05, 0.1) is 0 Å². The molecule has 1 aromatic heterocycles. The normalized spacial score (nSPS) is 24.6. The molecule has 5 nitrogen and oxygen atoms in total. The number of nitrogens with zero attached hydrogens (tertiary/aromatic N) is 1. The van der Waals surface area contributed by atoms with Crippen molar-refractivity contribution in [1.82, 2.24) is 4.37 Å². The van der Waals surface area contributed by atoms with Gasteiger partial charge in [0.1, 0.15) is 10.6 Å². The Labute approximate surface area is 92.0 Å². The Morgan fingerprint density at radius 3 is 2.80 bits per heavy atom. The molecule has 0 atom stereocenters. The number of carbonyl (C=O) groups is 1. The largest absolute Gasteiger partial charge is 0.382 e. The minimum Gasteiger partial charge on any atom is -0.382 e. The molecule has 0 radical (unpaired) electrons. The molecule has 0 spiro atoms. The van der Waals surface area contributed by atoms with Gasteiger partial charge in [-0.05, 0) is 30.3 Å². The van der Waals surface area contributed by atoms with Crippen LogP contribution >= 0.6 is 11.5 Å². The van der Waals surface area contributed by atoms with Gasteiger partial charge in [-0.1, -0.05) is 6.92 Å². The van der Waals surface area contributed by atoms with Crippen LogP contribution in [0.1, 0.15) is 30.1 Å². The molecular weight excluding hydrogens is 212 g/mol. The lowest BCUT2D eigenvalue weighted by Crippen LogP contribution is -2.34. The average Bonchev–Trinajstić information content (AvgIpc) is 2.44. The molecule has 5 N–H and O–H groups in total. The Balaban J connectivity index is 2.11. The highest BCUT2D eigenvalue weighted by Crippen LogP contribution is 2.33. The third kappa shape index (κ3) is 1.90. The fraction of sp³-hybridized carbons (Fsp3) is 0.556. The van der Waals surface area contributed by atoms with Crippen LogP contribution in [0.3, 0.4) is 0 Å². The molecule has 0 saturated heterocycles. The number of aromatic nitrogens is 1. The number of nitrogen functional groups attached to an aromatic ring is 1. The maximum absolute atomic E-state index is 11.1. The maximum atomic E-state index is 11.1. The summed E-state index contributed by atoms with van der Waals surface area (Å²) in [5.41, 5.74) is 11.1. The summed E-state index contributed by atoms with van der Waals surface area (Å²) in [4.78, 5) is 11.1. The predicted octanol–water partition coefficient (Wildman–Crippen LogP) is 1.03. The molecule has 1 fully saturated rings. The lowest BCUT2D eigenvalue weighted by Gasteiger charge is -2.33. The highest BCUT2D eigenvalue weighted by molar-refractivity contribution is 7.11. The third-order valence-electron chi connectivity index (χ3n) is 2.67. The predicted molar refractivity (Wildman–Crippen MR) is 60.9 cm³/mol. The lowest BCUT2D eigenvalue weighted by molar-refractivity contribution is 0.100. The molecule has 1 heterocycles. The van der Waals surface area contributed by atoms with Crippen molar-refractivity contribution in [3.05, 3.63) is 5.56 Å². The van der Waals surface area contributed by atoms with E-state index in [0.29, 0.717) is 16.6 Å². The van der Waals surface area contributed by atoms with Crippen molar-refractivity contribution in [2.75, 3.05) is 11.1 Å².